The van der Waals surface area contributed by atoms with Crippen LogP contribution < -0.4 is 4.74 Å². The molecule has 0 aliphatic carbocycles. The van der Waals surface area contributed by atoms with Crippen LogP contribution in [-0.2, 0) is 0 Å². The van der Waals surface area contributed by atoms with Crippen LogP contribution in [0.15, 0.2) is 42.6 Å². The van der Waals surface area contributed by atoms with Gasteiger partial charge in [0.05, 0.1) is 11.7 Å². The number of carbonyl (C=O) groups is 1. The first kappa shape index (κ1) is 15.7. The highest BCUT2D eigenvalue weighted by molar-refractivity contribution is 7.00. The maximum atomic E-state index is 13.1. The fraction of sp³-hybridized carbons (Fsp3) is 0.368. The topological polar surface area (TPSA) is 68.2 Å². The lowest BCUT2D eigenvalue weighted by molar-refractivity contribution is 0.0348. The van der Waals surface area contributed by atoms with E-state index in [1.165, 1.54) is 11.7 Å². The number of amides is 1. The Kier molecular flexibility index (Phi) is 3.81. The van der Waals surface area contributed by atoms with Gasteiger partial charge < -0.3 is 9.64 Å². The van der Waals surface area contributed by atoms with Gasteiger partial charge in [-0.2, -0.15) is 8.75 Å². The van der Waals surface area contributed by atoms with Crippen molar-refractivity contribution in [1.82, 2.24) is 18.6 Å². The van der Waals surface area contributed by atoms with Gasteiger partial charge >= 0.3 is 0 Å². The Balaban J connectivity index is 1.34. The second-order valence-electron chi connectivity index (χ2n) is 6.94. The van der Waals surface area contributed by atoms with Crippen molar-refractivity contribution >= 4 is 28.7 Å². The van der Waals surface area contributed by atoms with Crippen molar-refractivity contribution in [3.8, 4) is 5.88 Å². The molecule has 0 N–H and O–H groups in total. The van der Waals surface area contributed by atoms with Gasteiger partial charge in [0.2, 0.25) is 5.88 Å². The van der Waals surface area contributed by atoms with Gasteiger partial charge in [0, 0.05) is 42.8 Å². The molecule has 4 heterocycles. The summed E-state index contributed by atoms with van der Waals surface area (Å²) in [5.41, 5.74) is 2.34. The van der Waals surface area contributed by atoms with Gasteiger partial charge in [0.1, 0.15) is 17.1 Å². The molecule has 0 radical (unpaired) electrons. The van der Waals surface area contributed by atoms with E-state index >= 15 is 0 Å². The van der Waals surface area contributed by atoms with Crippen molar-refractivity contribution in [2.45, 2.75) is 43.9 Å². The molecule has 2 atom stereocenters. The first-order chi connectivity index (χ1) is 12.8. The molecule has 2 saturated heterocycles. The summed E-state index contributed by atoms with van der Waals surface area (Å²) in [6.45, 7) is 0. The van der Waals surface area contributed by atoms with Gasteiger partial charge in [-0.05, 0) is 37.1 Å². The van der Waals surface area contributed by atoms with Crippen LogP contribution in [0.2, 0.25) is 0 Å². The van der Waals surface area contributed by atoms with E-state index in [1.807, 2.05) is 36.4 Å². The molecular weight excluding hydrogens is 348 g/mol. The van der Waals surface area contributed by atoms with Crippen molar-refractivity contribution in [1.29, 1.82) is 0 Å². The first-order valence-corrected chi connectivity index (χ1v) is 9.63. The van der Waals surface area contributed by atoms with Crippen molar-refractivity contribution < 1.29 is 9.53 Å². The van der Waals surface area contributed by atoms with E-state index in [2.05, 4.69) is 18.6 Å². The Morgan fingerprint density at radius 3 is 2.65 bits per heavy atom. The predicted molar refractivity (Wildman–Crippen MR) is 98.3 cm³/mol. The molecule has 2 aliphatic heterocycles. The summed E-state index contributed by atoms with van der Waals surface area (Å²) in [6.07, 6.45) is 5.67. The van der Waals surface area contributed by atoms with Gasteiger partial charge in [-0.15, -0.1) is 0 Å². The quantitative estimate of drug-likeness (QED) is 0.711. The zero-order valence-corrected chi connectivity index (χ0v) is 14.9. The third-order valence-corrected chi connectivity index (χ3v) is 5.91. The Bertz CT molecular complexity index is 931. The maximum absolute atomic E-state index is 13.1. The Morgan fingerprint density at radius 1 is 1.08 bits per heavy atom. The number of hydrogen-bond acceptors (Lipinski definition) is 6. The third kappa shape index (κ3) is 2.72. The van der Waals surface area contributed by atoms with Gasteiger partial charge in [0.25, 0.3) is 5.91 Å². The number of benzene rings is 1. The molecule has 1 amide bonds. The molecule has 2 fully saturated rings. The number of nitrogens with zero attached hydrogens (tertiary/aromatic N) is 4. The minimum absolute atomic E-state index is 0.101. The number of carbonyl (C=O) groups excluding carboxylic acids is 1. The van der Waals surface area contributed by atoms with Gasteiger partial charge in [-0.1, -0.05) is 6.07 Å². The first-order valence-electron chi connectivity index (χ1n) is 8.90. The lowest BCUT2D eigenvalue weighted by atomic mass is 9.98. The average Bonchev–Trinajstić information content (AvgIpc) is 3.24. The third-order valence-electron chi connectivity index (χ3n) is 5.35. The smallest absolute Gasteiger partial charge is 0.254 e. The number of piperidine rings is 1. The lowest BCUT2D eigenvalue weighted by Gasteiger charge is -2.38. The summed E-state index contributed by atoms with van der Waals surface area (Å²) in [7, 11) is 0. The number of hydrogen-bond donors (Lipinski definition) is 0. The fourth-order valence-electron chi connectivity index (χ4n) is 4.21. The van der Waals surface area contributed by atoms with Gasteiger partial charge in [-0.25, -0.2) is 4.98 Å². The Hall–Kier alpha value is -2.54. The predicted octanol–water partition coefficient (Wildman–Crippen LogP) is 3.30. The molecule has 3 aromatic rings. The van der Waals surface area contributed by atoms with E-state index in [-0.39, 0.29) is 24.1 Å². The number of fused-ring (bicyclic) bond motifs is 3. The van der Waals surface area contributed by atoms with E-state index in [1.54, 1.807) is 6.20 Å². The van der Waals surface area contributed by atoms with E-state index in [0.29, 0.717) is 11.4 Å². The summed E-state index contributed by atoms with van der Waals surface area (Å²) >= 11 is 1.18. The molecule has 2 unspecified atom stereocenters. The normalized spacial score (nSPS) is 24.8. The van der Waals surface area contributed by atoms with Crippen molar-refractivity contribution in [2.75, 3.05) is 0 Å². The largest absolute Gasteiger partial charge is 0.474 e. The summed E-state index contributed by atoms with van der Waals surface area (Å²) in [4.78, 5) is 19.4. The van der Waals surface area contributed by atoms with Gasteiger partial charge in [-0.3, -0.25) is 4.79 Å². The molecule has 0 spiro atoms. The summed E-state index contributed by atoms with van der Waals surface area (Å²) in [6, 6.07) is 11.8. The minimum Gasteiger partial charge on any atom is -0.474 e. The van der Waals surface area contributed by atoms with Crippen LogP contribution in [0.5, 0.6) is 5.88 Å². The average molecular weight is 366 g/mol. The molecule has 6 nitrogen and oxygen atoms in total. The molecule has 0 saturated carbocycles. The SMILES string of the molecule is O=C(c1ccc2nsnc2c1)N1C2CCC1CC(Oc1ccccn1)C2. The van der Waals surface area contributed by atoms with E-state index < -0.39 is 0 Å². The number of pyridine rings is 1. The summed E-state index contributed by atoms with van der Waals surface area (Å²) in [5.74, 6) is 0.766. The van der Waals surface area contributed by atoms with Crippen molar-refractivity contribution in [3.05, 3.63) is 48.2 Å². The zero-order valence-electron chi connectivity index (χ0n) is 14.1. The highest BCUT2D eigenvalue weighted by Crippen LogP contribution is 2.38. The molecule has 5 rings (SSSR count). The van der Waals surface area contributed by atoms with Crippen LogP contribution in [0.25, 0.3) is 11.0 Å². The Morgan fingerprint density at radius 2 is 1.88 bits per heavy atom. The maximum Gasteiger partial charge on any atom is 0.254 e. The standard InChI is InChI=1S/C19H18N4O2S/c24-19(12-4-7-16-17(9-12)22-26-21-16)23-13-5-6-14(23)11-15(10-13)25-18-3-1-2-8-20-18/h1-4,7-9,13-15H,5-6,10-11H2. The molecule has 26 heavy (non-hydrogen) atoms. The summed E-state index contributed by atoms with van der Waals surface area (Å²) in [5, 5.41) is 0. The highest BCUT2D eigenvalue weighted by Gasteiger charge is 2.44. The van der Waals surface area contributed by atoms with Crippen LogP contribution in [0.1, 0.15) is 36.0 Å². The molecular formula is C19H18N4O2S. The fourth-order valence-corrected chi connectivity index (χ4v) is 4.72. The van der Waals surface area contributed by atoms with E-state index in [4.69, 9.17) is 4.74 Å². The van der Waals surface area contributed by atoms with Crippen LogP contribution in [0.3, 0.4) is 0 Å². The highest BCUT2D eigenvalue weighted by atomic mass is 32.1. The molecule has 2 bridgehead atoms. The van der Waals surface area contributed by atoms with E-state index in [9.17, 15) is 4.79 Å². The van der Waals surface area contributed by atoms with Crippen LogP contribution in [0, 0.1) is 0 Å². The van der Waals surface area contributed by atoms with Crippen molar-refractivity contribution in [3.63, 3.8) is 0 Å². The Labute approximate surface area is 155 Å². The second kappa shape index (κ2) is 6.32. The molecule has 7 heteroatoms. The van der Waals surface area contributed by atoms with E-state index in [0.717, 1.165) is 36.7 Å². The van der Waals surface area contributed by atoms with Crippen molar-refractivity contribution in [2.24, 2.45) is 0 Å². The molecule has 2 aliphatic rings. The summed E-state index contributed by atoms with van der Waals surface area (Å²) < 4.78 is 14.5. The number of aromatic nitrogens is 3. The van der Waals surface area contributed by atoms with Crippen LogP contribution in [-0.4, -0.2) is 42.7 Å². The van der Waals surface area contributed by atoms with Crippen LogP contribution in [0.4, 0.5) is 0 Å². The monoisotopic (exact) mass is 366 g/mol. The van der Waals surface area contributed by atoms with Gasteiger partial charge in [0.15, 0.2) is 0 Å². The molecule has 1 aromatic carbocycles. The minimum atomic E-state index is 0.101. The number of ether oxygens (including phenoxy) is 1. The molecule has 2 aromatic heterocycles. The zero-order chi connectivity index (χ0) is 17.5. The number of rotatable bonds is 3. The molecule has 132 valence electrons. The van der Waals surface area contributed by atoms with Crippen LogP contribution >= 0.6 is 11.7 Å². The lowest BCUT2D eigenvalue weighted by Crippen LogP contribution is -2.49. The second-order valence-corrected chi connectivity index (χ2v) is 7.47.